The van der Waals surface area contributed by atoms with E-state index in [0.29, 0.717) is 12.3 Å². The maximum atomic E-state index is 11.9. The predicted molar refractivity (Wildman–Crippen MR) is 76.8 cm³/mol. The molecule has 1 unspecified atom stereocenters. The van der Waals surface area contributed by atoms with Gasteiger partial charge in [-0.3, -0.25) is 4.79 Å². The lowest BCUT2D eigenvalue weighted by Crippen LogP contribution is -2.26. The summed E-state index contributed by atoms with van der Waals surface area (Å²) in [5.74, 6) is 0.308. The molecule has 1 aliphatic carbocycles. The van der Waals surface area contributed by atoms with E-state index in [1.54, 1.807) is 0 Å². The zero-order chi connectivity index (χ0) is 14.0. The molecule has 1 aliphatic rings. The Hall–Kier alpha value is -1.51. The smallest absolute Gasteiger partial charge is 0.306 e. The summed E-state index contributed by atoms with van der Waals surface area (Å²) >= 11 is 0. The molecule has 0 aliphatic heterocycles. The number of nitrogens with two attached hydrogens (primary N) is 1. The normalized spacial score (nSPS) is 18.8. The fourth-order valence-electron chi connectivity index (χ4n) is 2.64. The van der Waals surface area contributed by atoms with Crippen LogP contribution in [0, 0.1) is 5.92 Å². The van der Waals surface area contributed by atoms with E-state index in [1.165, 1.54) is 11.1 Å². The molecule has 0 spiro atoms. The molecule has 0 fully saturated rings. The molecule has 3 nitrogen and oxygen atoms in total. The van der Waals surface area contributed by atoms with Gasteiger partial charge in [0.2, 0.25) is 0 Å². The Morgan fingerprint density at radius 1 is 1.37 bits per heavy atom. The molecule has 0 heterocycles. The SMILES string of the molecule is CC(C)(C)OC(=O)CC1CCc2cc(N)ccc2C1. The lowest BCUT2D eigenvalue weighted by atomic mass is 9.82. The van der Waals surface area contributed by atoms with Crippen LogP contribution in [0.2, 0.25) is 0 Å². The standard InChI is InChI=1S/C16H23NO2/c1-16(2,3)19-15(18)9-11-4-5-13-10-14(17)7-6-12(13)8-11/h6-7,10-11H,4-5,8-9,17H2,1-3H3. The summed E-state index contributed by atoms with van der Waals surface area (Å²) in [7, 11) is 0. The molecule has 1 aromatic rings. The van der Waals surface area contributed by atoms with Crippen LogP contribution in [0.15, 0.2) is 18.2 Å². The van der Waals surface area contributed by atoms with Gasteiger partial charge in [0.15, 0.2) is 0 Å². The highest BCUT2D eigenvalue weighted by Crippen LogP contribution is 2.29. The Bertz CT molecular complexity index is 474. The van der Waals surface area contributed by atoms with E-state index in [0.717, 1.165) is 24.9 Å². The first kappa shape index (κ1) is 13.9. The van der Waals surface area contributed by atoms with Crippen molar-refractivity contribution in [2.45, 2.75) is 52.1 Å². The highest BCUT2D eigenvalue weighted by Gasteiger charge is 2.24. The van der Waals surface area contributed by atoms with E-state index in [2.05, 4.69) is 12.1 Å². The molecule has 0 aromatic heterocycles. The predicted octanol–water partition coefficient (Wildman–Crippen LogP) is 3.11. The minimum Gasteiger partial charge on any atom is -0.460 e. The van der Waals surface area contributed by atoms with E-state index >= 15 is 0 Å². The summed E-state index contributed by atoms with van der Waals surface area (Å²) < 4.78 is 5.39. The van der Waals surface area contributed by atoms with Crippen molar-refractivity contribution < 1.29 is 9.53 Å². The number of hydrogen-bond donors (Lipinski definition) is 1. The zero-order valence-electron chi connectivity index (χ0n) is 12.0. The minimum atomic E-state index is -0.391. The molecule has 0 saturated heterocycles. The van der Waals surface area contributed by atoms with E-state index in [1.807, 2.05) is 26.8 Å². The Morgan fingerprint density at radius 2 is 2.11 bits per heavy atom. The average Bonchev–Trinajstić information content (AvgIpc) is 2.26. The third kappa shape index (κ3) is 3.98. The molecule has 0 bridgehead atoms. The molecule has 1 atom stereocenters. The second kappa shape index (κ2) is 5.24. The van der Waals surface area contributed by atoms with Gasteiger partial charge in [-0.1, -0.05) is 6.07 Å². The van der Waals surface area contributed by atoms with Crippen LogP contribution in [0.4, 0.5) is 5.69 Å². The first-order valence-corrected chi connectivity index (χ1v) is 6.92. The maximum absolute atomic E-state index is 11.9. The Morgan fingerprint density at radius 3 is 2.79 bits per heavy atom. The summed E-state index contributed by atoms with van der Waals surface area (Å²) in [6.45, 7) is 5.72. The van der Waals surface area contributed by atoms with Crippen LogP contribution >= 0.6 is 0 Å². The molecule has 0 radical (unpaired) electrons. The first-order valence-electron chi connectivity index (χ1n) is 6.92. The molecule has 3 heteroatoms. The van der Waals surface area contributed by atoms with Crippen LogP contribution in [-0.4, -0.2) is 11.6 Å². The van der Waals surface area contributed by atoms with Crippen LogP contribution in [0.1, 0.15) is 44.7 Å². The number of carbonyl (C=O) groups is 1. The lowest BCUT2D eigenvalue weighted by Gasteiger charge is -2.26. The number of anilines is 1. The summed E-state index contributed by atoms with van der Waals surface area (Å²) in [4.78, 5) is 11.9. The van der Waals surface area contributed by atoms with Gasteiger partial charge < -0.3 is 10.5 Å². The van der Waals surface area contributed by atoms with Crippen molar-refractivity contribution in [1.29, 1.82) is 0 Å². The quantitative estimate of drug-likeness (QED) is 0.657. The van der Waals surface area contributed by atoms with Crippen molar-refractivity contribution in [1.82, 2.24) is 0 Å². The number of aryl methyl sites for hydroxylation is 1. The van der Waals surface area contributed by atoms with E-state index in [9.17, 15) is 4.79 Å². The molecule has 1 aromatic carbocycles. The fraction of sp³-hybridized carbons (Fsp3) is 0.562. The highest BCUT2D eigenvalue weighted by atomic mass is 16.6. The van der Waals surface area contributed by atoms with Gasteiger partial charge >= 0.3 is 5.97 Å². The van der Waals surface area contributed by atoms with Gasteiger partial charge in [-0.25, -0.2) is 0 Å². The Labute approximate surface area is 115 Å². The van der Waals surface area contributed by atoms with Crippen molar-refractivity contribution >= 4 is 11.7 Å². The zero-order valence-corrected chi connectivity index (χ0v) is 12.0. The highest BCUT2D eigenvalue weighted by molar-refractivity contribution is 5.70. The van der Waals surface area contributed by atoms with Crippen molar-refractivity contribution in [3.8, 4) is 0 Å². The molecule has 2 rings (SSSR count). The van der Waals surface area contributed by atoms with Crippen molar-refractivity contribution in [2.24, 2.45) is 5.92 Å². The molecule has 0 saturated carbocycles. The summed E-state index contributed by atoms with van der Waals surface area (Å²) in [5.41, 5.74) is 8.89. The monoisotopic (exact) mass is 261 g/mol. The number of fused-ring (bicyclic) bond motifs is 1. The van der Waals surface area contributed by atoms with Crippen molar-refractivity contribution in [2.75, 3.05) is 5.73 Å². The Kier molecular flexibility index (Phi) is 3.83. The number of esters is 1. The van der Waals surface area contributed by atoms with Crippen LogP contribution < -0.4 is 5.73 Å². The van der Waals surface area contributed by atoms with Gasteiger partial charge in [-0.2, -0.15) is 0 Å². The van der Waals surface area contributed by atoms with Crippen molar-refractivity contribution in [3.63, 3.8) is 0 Å². The van der Waals surface area contributed by atoms with Crippen LogP contribution in [0.25, 0.3) is 0 Å². The van der Waals surface area contributed by atoms with Gasteiger partial charge in [0.1, 0.15) is 5.60 Å². The fourth-order valence-corrected chi connectivity index (χ4v) is 2.64. The third-order valence-corrected chi connectivity index (χ3v) is 3.44. The third-order valence-electron chi connectivity index (χ3n) is 3.44. The lowest BCUT2D eigenvalue weighted by molar-refractivity contribution is -0.156. The number of nitrogen functional groups attached to an aromatic ring is 1. The van der Waals surface area contributed by atoms with Gasteiger partial charge in [0, 0.05) is 12.1 Å². The van der Waals surface area contributed by atoms with Crippen LogP contribution in [0.3, 0.4) is 0 Å². The molecule has 104 valence electrons. The first-order chi connectivity index (χ1) is 8.83. The molecule has 19 heavy (non-hydrogen) atoms. The van der Waals surface area contributed by atoms with Gasteiger partial charge in [0.25, 0.3) is 0 Å². The summed E-state index contributed by atoms with van der Waals surface area (Å²) in [6.07, 6.45) is 3.51. The number of hydrogen-bond acceptors (Lipinski definition) is 3. The number of ether oxygens (including phenoxy) is 1. The maximum Gasteiger partial charge on any atom is 0.306 e. The number of rotatable bonds is 2. The number of carbonyl (C=O) groups excluding carboxylic acids is 1. The molecular formula is C16H23NO2. The van der Waals surface area contributed by atoms with Gasteiger partial charge in [0.05, 0.1) is 0 Å². The van der Waals surface area contributed by atoms with E-state index in [4.69, 9.17) is 10.5 Å². The molecular weight excluding hydrogens is 238 g/mol. The van der Waals surface area contributed by atoms with Crippen LogP contribution in [-0.2, 0) is 22.4 Å². The van der Waals surface area contributed by atoms with Gasteiger partial charge in [-0.15, -0.1) is 0 Å². The van der Waals surface area contributed by atoms with Crippen LogP contribution in [0.5, 0.6) is 0 Å². The second-order valence-electron chi connectivity index (χ2n) is 6.43. The molecule has 2 N–H and O–H groups in total. The van der Waals surface area contributed by atoms with E-state index < -0.39 is 5.60 Å². The average molecular weight is 261 g/mol. The summed E-state index contributed by atoms with van der Waals surface area (Å²) in [5, 5.41) is 0. The van der Waals surface area contributed by atoms with Crippen molar-refractivity contribution in [3.05, 3.63) is 29.3 Å². The van der Waals surface area contributed by atoms with E-state index in [-0.39, 0.29) is 5.97 Å². The topological polar surface area (TPSA) is 52.3 Å². The van der Waals surface area contributed by atoms with Gasteiger partial charge in [-0.05, 0) is 69.2 Å². The Balaban J connectivity index is 1.95. The second-order valence-corrected chi connectivity index (χ2v) is 6.43. The largest absolute Gasteiger partial charge is 0.460 e. The molecule has 0 amide bonds. The summed E-state index contributed by atoms with van der Waals surface area (Å²) in [6, 6.07) is 6.08. The number of benzene rings is 1. The minimum absolute atomic E-state index is 0.0867.